The molecule has 1 fully saturated rings. The van der Waals surface area contributed by atoms with Crippen LogP contribution in [0.5, 0.6) is 0 Å². The number of amides is 1. The minimum atomic E-state index is -0.409. The molecular weight excluding hydrogens is 391 g/mol. The van der Waals surface area contributed by atoms with E-state index in [-0.39, 0.29) is 5.91 Å². The van der Waals surface area contributed by atoms with E-state index >= 15 is 0 Å². The lowest BCUT2D eigenvalue weighted by atomic mass is 10.00. The quantitative estimate of drug-likeness (QED) is 0.595. The van der Waals surface area contributed by atoms with Gasteiger partial charge in [-0.05, 0) is 66.9 Å². The first-order chi connectivity index (χ1) is 15.1. The Bertz CT molecular complexity index is 1180. The minimum absolute atomic E-state index is 0.301. The topological polar surface area (TPSA) is 57.3 Å². The van der Waals surface area contributed by atoms with Crippen LogP contribution in [0.3, 0.4) is 0 Å². The molecule has 31 heavy (non-hydrogen) atoms. The molecule has 6 heteroatoms. The van der Waals surface area contributed by atoms with E-state index in [0.29, 0.717) is 22.7 Å². The highest BCUT2D eigenvalue weighted by atomic mass is 19.1. The molecule has 2 aliphatic rings. The number of carbonyl (C=O) groups is 1. The highest BCUT2D eigenvalue weighted by molar-refractivity contribution is 6.31. The standard InChI is InChI=1S/C25H23FN4O/c1-16-13-19(28-14-20-24-21(26)3-2-4-22(24)29-25(20)31)5-6-23(16)30-12-9-18(15-30)17-7-10-27-11-8-17/h2-8,10-11,13-14,18,28H,9,12,15H2,1H3,(H,29,31)/b20-14-. The van der Waals surface area contributed by atoms with Crippen molar-refractivity contribution in [3.8, 4) is 0 Å². The second-order valence-electron chi connectivity index (χ2n) is 8.03. The maximum atomic E-state index is 14.2. The summed E-state index contributed by atoms with van der Waals surface area (Å²) < 4.78 is 14.2. The Morgan fingerprint density at radius 1 is 1.19 bits per heavy atom. The average molecular weight is 414 g/mol. The maximum absolute atomic E-state index is 14.2. The normalized spacial score (nSPS) is 18.9. The van der Waals surface area contributed by atoms with Gasteiger partial charge in [0.15, 0.2) is 0 Å². The van der Waals surface area contributed by atoms with E-state index in [0.717, 1.165) is 30.8 Å². The molecular formula is C25H23FN4O. The molecule has 3 aromatic rings. The first-order valence-electron chi connectivity index (χ1n) is 10.4. The SMILES string of the molecule is Cc1cc(N/C=C2\C(=O)Nc3cccc(F)c32)ccc1N1CCC(c2ccncc2)C1. The predicted molar refractivity (Wildman–Crippen MR) is 122 cm³/mol. The van der Waals surface area contributed by atoms with E-state index in [1.54, 1.807) is 18.3 Å². The lowest BCUT2D eigenvalue weighted by Crippen LogP contribution is -2.20. The molecule has 1 aromatic heterocycles. The first kappa shape index (κ1) is 19.3. The third-order valence-electron chi connectivity index (χ3n) is 6.06. The van der Waals surface area contributed by atoms with Crippen molar-refractivity contribution in [2.24, 2.45) is 0 Å². The average Bonchev–Trinajstić information content (AvgIpc) is 3.38. The van der Waals surface area contributed by atoms with E-state index < -0.39 is 5.82 Å². The molecule has 2 N–H and O–H groups in total. The molecule has 5 rings (SSSR count). The Hall–Kier alpha value is -3.67. The number of hydrogen-bond donors (Lipinski definition) is 2. The van der Waals surface area contributed by atoms with E-state index in [1.165, 1.54) is 17.3 Å². The summed E-state index contributed by atoms with van der Waals surface area (Å²) in [6, 6.07) is 15.0. The summed E-state index contributed by atoms with van der Waals surface area (Å²) in [4.78, 5) is 18.8. The molecule has 0 bridgehead atoms. The van der Waals surface area contributed by atoms with Crippen molar-refractivity contribution in [3.05, 3.63) is 89.6 Å². The van der Waals surface area contributed by atoms with Gasteiger partial charge < -0.3 is 15.5 Å². The molecule has 2 aliphatic heterocycles. The van der Waals surface area contributed by atoms with E-state index in [2.05, 4.69) is 51.7 Å². The van der Waals surface area contributed by atoms with Crippen LogP contribution < -0.4 is 15.5 Å². The minimum Gasteiger partial charge on any atom is -0.371 e. The van der Waals surface area contributed by atoms with Gasteiger partial charge in [0.2, 0.25) is 0 Å². The number of fused-ring (bicyclic) bond motifs is 1. The highest BCUT2D eigenvalue weighted by Gasteiger charge is 2.27. The zero-order valence-electron chi connectivity index (χ0n) is 17.2. The van der Waals surface area contributed by atoms with E-state index in [9.17, 15) is 9.18 Å². The van der Waals surface area contributed by atoms with Crippen LogP contribution in [0.2, 0.25) is 0 Å². The smallest absolute Gasteiger partial charge is 0.257 e. The highest BCUT2D eigenvalue weighted by Crippen LogP contribution is 2.35. The van der Waals surface area contributed by atoms with Crippen LogP contribution >= 0.6 is 0 Å². The van der Waals surface area contributed by atoms with Crippen LogP contribution in [-0.2, 0) is 4.79 Å². The summed E-state index contributed by atoms with van der Waals surface area (Å²) in [5, 5.41) is 5.87. The number of rotatable bonds is 4. The van der Waals surface area contributed by atoms with Gasteiger partial charge in [-0.15, -0.1) is 0 Å². The Balaban J connectivity index is 1.32. The van der Waals surface area contributed by atoms with Crippen LogP contribution in [0.1, 0.15) is 29.0 Å². The third kappa shape index (κ3) is 3.65. The second kappa shape index (κ2) is 7.87. The van der Waals surface area contributed by atoms with Crippen molar-refractivity contribution >= 4 is 28.5 Å². The maximum Gasteiger partial charge on any atom is 0.257 e. The van der Waals surface area contributed by atoms with Crippen molar-refractivity contribution < 1.29 is 9.18 Å². The summed E-state index contributed by atoms with van der Waals surface area (Å²) in [6.45, 7) is 4.09. The van der Waals surface area contributed by atoms with Crippen LogP contribution in [0, 0.1) is 12.7 Å². The van der Waals surface area contributed by atoms with Gasteiger partial charge >= 0.3 is 0 Å². The number of aryl methyl sites for hydroxylation is 1. The Labute approximate surface area is 180 Å². The molecule has 1 atom stereocenters. The van der Waals surface area contributed by atoms with Crippen LogP contribution in [0.4, 0.5) is 21.5 Å². The number of carbonyl (C=O) groups excluding carboxylic acids is 1. The zero-order valence-corrected chi connectivity index (χ0v) is 17.2. The van der Waals surface area contributed by atoms with Crippen molar-refractivity contribution in [1.29, 1.82) is 0 Å². The number of aromatic nitrogens is 1. The molecule has 156 valence electrons. The number of benzene rings is 2. The molecule has 0 aliphatic carbocycles. The van der Waals surface area contributed by atoms with Crippen molar-refractivity contribution in [1.82, 2.24) is 4.98 Å². The number of nitrogens with one attached hydrogen (secondary N) is 2. The van der Waals surface area contributed by atoms with Gasteiger partial charge in [0, 0.05) is 54.5 Å². The number of halogens is 1. The van der Waals surface area contributed by atoms with Crippen molar-refractivity contribution in [3.63, 3.8) is 0 Å². The molecule has 1 saturated heterocycles. The first-order valence-corrected chi connectivity index (χ1v) is 10.4. The summed E-state index contributed by atoms with van der Waals surface area (Å²) in [6.07, 6.45) is 6.41. The van der Waals surface area contributed by atoms with Crippen molar-refractivity contribution in [2.75, 3.05) is 28.6 Å². The second-order valence-corrected chi connectivity index (χ2v) is 8.03. The van der Waals surface area contributed by atoms with Crippen LogP contribution in [0.25, 0.3) is 5.57 Å². The fourth-order valence-corrected chi connectivity index (χ4v) is 4.49. The summed E-state index contributed by atoms with van der Waals surface area (Å²) in [5.74, 6) is -0.200. The largest absolute Gasteiger partial charge is 0.371 e. The van der Waals surface area contributed by atoms with Crippen LogP contribution in [0.15, 0.2) is 67.1 Å². The molecule has 2 aromatic carbocycles. The van der Waals surface area contributed by atoms with Gasteiger partial charge in [0.1, 0.15) is 5.82 Å². The van der Waals surface area contributed by atoms with Gasteiger partial charge in [0.05, 0.1) is 11.3 Å². The molecule has 1 unspecified atom stereocenters. The predicted octanol–water partition coefficient (Wildman–Crippen LogP) is 4.93. The molecule has 0 spiro atoms. The number of anilines is 3. The fraction of sp³-hybridized carbons (Fsp3) is 0.200. The Morgan fingerprint density at radius 2 is 2.03 bits per heavy atom. The number of hydrogen-bond acceptors (Lipinski definition) is 4. The van der Waals surface area contributed by atoms with E-state index in [4.69, 9.17) is 0 Å². The lowest BCUT2D eigenvalue weighted by Gasteiger charge is -2.22. The summed E-state index contributed by atoms with van der Waals surface area (Å²) in [7, 11) is 0. The van der Waals surface area contributed by atoms with Gasteiger partial charge in [-0.25, -0.2) is 4.39 Å². The van der Waals surface area contributed by atoms with Gasteiger partial charge in [0.25, 0.3) is 5.91 Å². The van der Waals surface area contributed by atoms with Gasteiger partial charge in [-0.2, -0.15) is 0 Å². The third-order valence-corrected chi connectivity index (χ3v) is 6.06. The van der Waals surface area contributed by atoms with Gasteiger partial charge in [-0.3, -0.25) is 9.78 Å². The monoisotopic (exact) mass is 414 g/mol. The Morgan fingerprint density at radius 3 is 2.84 bits per heavy atom. The number of pyridine rings is 1. The zero-order chi connectivity index (χ0) is 21.4. The van der Waals surface area contributed by atoms with Gasteiger partial charge in [-0.1, -0.05) is 6.07 Å². The van der Waals surface area contributed by atoms with Crippen LogP contribution in [-0.4, -0.2) is 24.0 Å². The van der Waals surface area contributed by atoms with E-state index in [1.807, 2.05) is 18.5 Å². The molecule has 5 nitrogen and oxygen atoms in total. The summed E-state index contributed by atoms with van der Waals surface area (Å²) >= 11 is 0. The Kier molecular flexibility index (Phi) is 4.90. The molecule has 1 amide bonds. The number of nitrogens with zero attached hydrogens (tertiary/aromatic N) is 2. The van der Waals surface area contributed by atoms with Crippen molar-refractivity contribution in [2.45, 2.75) is 19.3 Å². The molecule has 0 radical (unpaired) electrons. The molecule has 0 saturated carbocycles. The lowest BCUT2D eigenvalue weighted by molar-refractivity contribution is -0.110. The summed E-state index contributed by atoms with van der Waals surface area (Å²) in [5.41, 5.74) is 5.68. The molecule has 3 heterocycles. The fourth-order valence-electron chi connectivity index (χ4n) is 4.49.